The second-order valence-corrected chi connectivity index (χ2v) is 8.04. The second-order valence-electron chi connectivity index (χ2n) is 8.04. The number of aryl methyl sites for hydroxylation is 1. The Hall–Kier alpha value is -3.88. The van der Waals surface area contributed by atoms with E-state index in [1.807, 2.05) is 18.2 Å². The van der Waals surface area contributed by atoms with Crippen LogP contribution in [0.3, 0.4) is 0 Å². The molecular weight excluding hydrogens is 424 g/mol. The molecule has 0 aromatic heterocycles. The fourth-order valence-corrected chi connectivity index (χ4v) is 3.92. The quantitative estimate of drug-likeness (QED) is 0.225. The molecular formula is C24H28N4O5. The molecule has 3 rings (SSSR count). The van der Waals surface area contributed by atoms with E-state index in [0.717, 1.165) is 24.0 Å². The summed E-state index contributed by atoms with van der Waals surface area (Å²) in [6, 6.07) is 11.8. The maximum atomic E-state index is 13.0. The van der Waals surface area contributed by atoms with Gasteiger partial charge in [-0.05, 0) is 60.2 Å². The van der Waals surface area contributed by atoms with E-state index < -0.39 is 23.7 Å². The number of fused-ring (bicyclic) bond motifs is 1. The number of aliphatic imine (C=N–C) groups is 1. The van der Waals surface area contributed by atoms with E-state index in [1.54, 1.807) is 38.4 Å². The van der Waals surface area contributed by atoms with Crippen LogP contribution >= 0.6 is 0 Å². The Balaban J connectivity index is 1.80. The van der Waals surface area contributed by atoms with Crippen molar-refractivity contribution in [3.63, 3.8) is 0 Å². The lowest BCUT2D eigenvalue weighted by Crippen LogP contribution is -2.33. The lowest BCUT2D eigenvalue weighted by atomic mass is 9.82. The molecule has 2 unspecified atom stereocenters. The molecule has 9 nitrogen and oxygen atoms in total. The fraction of sp³-hybridized carbons (Fsp3) is 0.333. The van der Waals surface area contributed by atoms with Gasteiger partial charge in [0.15, 0.2) is 11.9 Å². The molecule has 0 aliphatic heterocycles. The number of likely N-dealkylation sites (N-methyl/N-ethyl adjacent to an activating group) is 1. The molecule has 1 aliphatic carbocycles. The summed E-state index contributed by atoms with van der Waals surface area (Å²) in [6.45, 7) is 0. The number of guanidine groups is 1. The van der Waals surface area contributed by atoms with Gasteiger partial charge in [0.1, 0.15) is 5.75 Å². The first-order valence-electron chi connectivity index (χ1n) is 10.5. The molecule has 2 aromatic rings. The van der Waals surface area contributed by atoms with E-state index in [1.165, 1.54) is 12.0 Å². The maximum Gasteiger partial charge on any atom is 0.322 e. The molecule has 0 radical (unpaired) electrons. The topological polar surface area (TPSA) is 137 Å². The highest BCUT2D eigenvalue weighted by molar-refractivity contribution is 6.03. The molecule has 1 aliphatic rings. The third kappa shape index (κ3) is 5.49. The summed E-state index contributed by atoms with van der Waals surface area (Å²) in [5.74, 6) is -2.72. The predicted octanol–water partition coefficient (Wildman–Crippen LogP) is 1.96. The summed E-state index contributed by atoms with van der Waals surface area (Å²) >= 11 is 0. The smallest absolute Gasteiger partial charge is 0.322 e. The number of hydrogen-bond donors (Lipinski definition) is 2. The van der Waals surface area contributed by atoms with Gasteiger partial charge in [0.05, 0.1) is 18.7 Å². The molecule has 174 valence electrons. The summed E-state index contributed by atoms with van der Waals surface area (Å²) in [4.78, 5) is 43.0. The van der Waals surface area contributed by atoms with Gasteiger partial charge >= 0.3 is 11.9 Å². The lowest BCUT2D eigenvalue weighted by Gasteiger charge is -2.24. The van der Waals surface area contributed by atoms with Crippen molar-refractivity contribution in [3.8, 4) is 5.75 Å². The number of benzene rings is 2. The number of esters is 2. The van der Waals surface area contributed by atoms with Crippen LogP contribution in [0.4, 0.5) is 5.69 Å². The summed E-state index contributed by atoms with van der Waals surface area (Å²) in [6.07, 6.45) is 2.38. The molecule has 9 heteroatoms. The Labute approximate surface area is 192 Å². The molecule has 0 saturated heterocycles. The van der Waals surface area contributed by atoms with Crippen molar-refractivity contribution in [1.29, 1.82) is 0 Å². The van der Waals surface area contributed by atoms with Gasteiger partial charge in [-0.25, -0.2) is 4.99 Å². The lowest BCUT2D eigenvalue weighted by molar-refractivity contribution is -0.148. The second kappa shape index (κ2) is 10.2. The number of carbonyl (C=O) groups excluding carboxylic acids is 3. The number of carbonyl (C=O) groups is 3. The van der Waals surface area contributed by atoms with Crippen molar-refractivity contribution in [2.45, 2.75) is 31.1 Å². The Morgan fingerprint density at radius 2 is 1.79 bits per heavy atom. The Morgan fingerprint density at radius 3 is 2.39 bits per heavy atom. The van der Waals surface area contributed by atoms with E-state index in [0.29, 0.717) is 23.4 Å². The average Bonchev–Trinajstić information content (AvgIpc) is 2.79. The third-order valence-electron chi connectivity index (χ3n) is 5.54. The summed E-state index contributed by atoms with van der Waals surface area (Å²) in [5, 5.41) is 0. The van der Waals surface area contributed by atoms with E-state index >= 15 is 0 Å². The van der Waals surface area contributed by atoms with Crippen LogP contribution in [-0.2, 0) is 25.5 Å². The predicted molar refractivity (Wildman–Crippen MR) is 123 cm³/mol. The van der Waals surface area contributed by atoms with Crippen LogP contribution in [0.5, 0.6) is 5.75 Å². The summed E-state index contributed by atoms with van der Waals surface area (Å²) in [5.41, 5.74) is 13.9. The minimum Gasteiger partial charge on any atom is -0.468 e. The van der Waals surface area contributed by atoms with Crippen LogP contribution in [0.25, 0.3) is 0 Å². The Bertz CT molecular complexity index is 1070. The summed E-state index contributed by atoms with van der Waals surface area (Å²) < 4.78 is 10.4. The van der Waals surface area contributed by atoms with Crippen molar-refractivity contribution in [3.05, 3.63) is 59.2 Å². The standard InChI is InChI=1S/C24H28N4O5/c1-28(2)21(29)20(23(31)32-3)15-8-11-17(12-9-15)33-22(30)18-6-4-5-14-7-10-16(13-19(14)18)27-24(25)26/h7-13,18,20H,4-6H2,1-3H3,(H4,25,26,27). The average molecular weight is 453 g/mol. The highest BCUT2D eigenvalue weighted by atomic mass is 16.5. The van der Waals surface area contributed by atoms with Gasteiger partial charge in [-0.15, -0.1) is 0 Å². The molecule has 1 amide bonds. The zero-order valence-electron chi connectivity index (χ0n) is 18.9. The number of nitrogens with two attached hydrogens (primary N) is 2. The highest BCUT2D eigenvalue weighted by Gasteiger charge is 2.31. The summed E-state index contributed by atoms with van der Waals surface area (Å²) in [7, 11) is 4.36. The van der Waals surface area contributed by atoms with Crippen molar-refractivity contribution in [2.24, 2.45) is 16.5 Å². The zero-order chi connectivity index (χ0) is 24.1. The third-order valence-corrected chi connectivity index (χ3v) is 5.54. The molecule has 0 fully saturated rings. The highest BCUT2D eigenvalue weighted by Crippen LogP contribution is 2.35. The molecule has 2 aromatic carbocycles. The molecule has 0 spiro atoms. The first kappa shape index (κ1) is 23.8. The number of nitrogens with zero attached hydrogens (tertiary/aromatic N) is 2. The molecule has 0 bridgehead atoms. The van der Waals surface area contributed by atoms with E-state index in [-0.39, 0.29) is 11.9 Å². The number of hydrogen-bond acceptors (Lipinski definition) is 6. The van der Waals surface area contributed by atoms with Crippen LogP contribution in [-0.4, -0.2) is 49.9 Å². The number of ether oxygens (including phenoxy) is 2. The number of amides is 1. The zero-order valence-corrected chi connectivity index (χ0v) is 18.9. The molecule has 2 atom stereocenters. The van der Waals surface area contributed by atoms with Gasteiger partial charge in [-0.1, -0.05) is 18.2 Å². The van der Waals surface area contributed by atoms with Crippen LogP contribution < -0.4 is 16.2 Å². The van der Waals surface area contributed by atoms with Gasteiger partial charge in [0.2, 0.25) is 5.91 Å². The van der Waals surface area contributed by atoms with Crippen LogP contribution in [0.15, 0.2) is 47.5 Å². The molecule has 33 heavy (non-hydrogen) atoms. The van der Waals surface area contributed by atoms with Gasteiger partial charge in [0, 0.05) is 14.1 Å². The van der Waals surface area contributed by atoms with E-state index in [4.69, 9.17) is 20.9 Å². The van der Waals surface area contributed by atoms with Gasteiger partial charge in [0.25, 0.3) is 0 Å². The monoisotopic (exact) mass is 452 g/mol. The fourth-order valence-electron chi connectivity index (χ4n) is 3.92. The van der Waals surface area contributed by atoms with Crippen molar-refractivity contribution >= 4 is 29.5 Å². The van der Waals surface area contributed by atoms with Gasteiger partial charge < -0.3 is 25.8 Å². The number of methoxy groups -OCH3 is 1. The maximum absolute atomic E-state index is 13.0. The van der Waals surface area contributed by atoms with E-state index in [2.05, 4.69) is 4.99 Å². The first-order valence-corrected chi connectivity index (χ1v) is 10.5. The Morgan fingerprint density at radius 1 is 1.09 bits per heavy atom. The van der Waals surface area contributed by atoms with Crippen molar-refractivity contribution < 1.29 is 23.9 Å². The Kier molecular flexibility index (Phi) is 7.32. The van der Waals surface area contributed by atoms with Crippen molar-refractivity contribution in [1.82, 2.24) is 4.90 Å². The number of rotatable bonds is 6. The van der Waals surface area contributed by atoms with Crippen LogP contribution in [0.2, 0.25) is 0 Å². The van der Waals surface area contributed by atoms with Gasteiger partial charge in [-0.3, -0.25) is 14.4 Å². The van der Waals surface area contributed by atoms with Crippen LogP contribution in [0.1, 0.15) is 41.4 Å². The molecule has 0 heterocycles. The molecule has 4 N–H and O–H groups in total. The first-order chi connectivity index (χ1) is 15.7. The normalized spacial score (nSPS) is 15.5. The van der Waals surface area contributed by atoms with Crippen LogP contribution in [0, 0.1) is 0 Å². The SMILES string of the molecule is COC(=O)C(C(=O)N(C)C)c1ccc(OC(=O)C2CCCc3ccc(N=C(N)N)cc32)cc1. The minimum absolute atomic E-state index is 0.0528. The molecule has 0 saturated carbocycles. The van der Waals surface area contributed by atoms with E-state index in [9.17, 15) is 14.4 Å². The van der Waals surface area contributed by atoms with Gasteiger partial charge in [-0.2, -0.15) is 0 Å². The van der Waals surface area contributed by atoms with Crippen molar-refractivity contribution in [2.75, 3.05) is 21.2 Å². The largest absolute Gasteiger partial charge is 0.468 e. The minimum atomic E-state index is -1.09.